The van der Waals surface area contributed by atoms with Crippen LogP contribution in [0.3, 0.4) is 0 Å². The minimum absolute atomic E-state index is 0.468. The first-order valence-electron chi connectivity index (χ1n) is 1.05. The average molecular weight is 73.1 g/mol. The summed E-state index contributed by atoms with van der Waals surface area (Å²) in [5, 5.41) is 7.82. The fraction of sp³-hybridized carbons (Fsp3) is 0. The summed E-state index contributed by atoms with van der Waals surface area (Å²) in [4.78, 5) is 0. The van der Waals surface area contributed by atoms with Crippen LogP contribution in [0.5, 0.6) is 0 Å². The van der Waals surface area contributed by atoms with E-state index >= 15 is 0 Å². The van der Waals surface area contributed by atoms with Crippen molar-refractivity contribution in [2.24, 2.45) is 11.6 Å². The fourth-order valence-corrected chi connectivity index (χ4v) is 0. The van der Waals surface area contributed by atoms with Crippen molar-refractivity contribution in [3.8, 4) is 0 Å². The molecule has 0 bridgehead atoms. The molecule has 0 fully saturated rings. The molecule has 0 aromatic heterocycles. The summed E-state index contributed by atoms with van der Waals surface area (Å²) in [6.07, 6.45) is 0. The van der Waals surface area contributed by atoms with Crippen LogP contribution in [0.25, 0.3) is 0 Å². The van der Waals surface area contributed by atoms with Gasteiger partial charge in [-0.2, -0.15) is 0 Å². The van der Waals surface area contributed by atoms with Gasteiger partial charge < -0.3 is 5.73 Å². The van der Waals surface area contributed by atoms with Crippen molar-refractivity contribution < 1.29 is 0 Å². The van der Waals surface area contributed by atoms with Crippen LogP contribution in [0.15, 0.2) is 0 Å². The van der Waals surface area contributed by atoms with E-state index in [2.05, 4.69) is 11.6 Å². The molecule has 0 rings (SSSR count). The highest BCUT2D eigenvalue weighted by atomic mass is 15.3. The second-order valence-corrected chi connectivity index (χ2v) is 0.530. The predicted molar refractivity (Wildman–Crippen MR) is 18.7 cm³/mol. The third kappa shape index (κ3) is 3.23. The molecule has 0 aliphatic heterocycles. The van der Waals surface area contributed by atoms with E-state index in [1.165, 1.54) is 0 Å². The van der Waals surface area contributed by atoms with E-state index < -0.39 is 5.96 Å². The normalized spacial score (nSPS) is 6.60. The van der Waals surface area contributed by atoms with Gasteiger partial charge in [-0.1, -0.05) is 0 Å². The second kappa shape index (κ2) is 1.54. The molecule has 0 heterocycles. The number of hydrazine groups is 1. The molecule has 0 spiro atoms. The van der Waals surface area contributed by atoms with Gasteiger partial charge in [-0.05, 0) is 0 Å². The van der Waals surface area contributed by atoms with Crippen LogP contribution < -0.4 is 22.4 Å². The van der Waals surface area contributed by atoms with E-state index in [9.17, 15) is 0 Å². The molecule has 5 heavy (non-hydrogen) atoms. The number of hydrogen-bond acceptors (Lipinski definition) is 1. The molecule has 5 N–H and O–H groups in total. The van der Waals surface area contributed by atoms with Gasteiger partial charge in [-0.25, -0.2) is 5.84 Å². The Balaban J connectivity index is 2.85. The Labute approximate surface area is 29.6 Å². The van der Waals surface area contributed by atoms with Gasteiger partial charge in [0.05, 0.1) is 0 Å². The van der Waals surface area contributed by atoms with E-state index in [4.69, 9.17) is 5.41 Å². The first-order valence-corrected chi connectivity index (χ1v) is 1.05. The van der Waals surface area contributed by atoms with E-state index in [0.717, 1.165) is 0 Å². The van der Waals surface area contributed by atoms with Gasteiger partial charge in [-0.15, -0.1) is 5.41 Å². The van der Waals surface area contributed by atoms with Crippen molar-refractivity contribution in [3.05, 3.63) is 0 Å². The quantitative estimate of drug-likeness (QED) is 0.129. The Morgan fingerprint density at radius 1 is 1.80 bits per heavy atom. The first-order chi connectivity index (χ1) is 2.27. The van der Waals surface area contributed by atoms with Gasteiger partial charge in [0.1, 0.15) is 0 Å². The van der Waals surface area contributed by atoms with E-state index in [1.807, 2.05) is 0 Å². The Bertz CT molecular complexity index is 38.9. The van der Waals surface area contributed by atoms with Crippen LogP contribution in [-0.2, 0) is 0 Å². The highest BCUT2D eigenvalue weighted by Gasteiger charge is 1.68. The fourth-order valence-electron chi connectivity index (χ4n) is 0. The zero-order valence-electron chi connectivity index (χ0n) is 2.60. The molecule has 1 radical (unpaired) electrons. The van der Waals surface area contributed by atoms with Gasteiger partial charge in [-0.3, -0.25) is 5.43 Å². The van der Waals surface area contributed by atoms with Crippen molar-refractivity contribution >= 4 is 5.96 Å². The maximum absolute atomic E-state index is 7.82. The Hall–Kier alpha value is -0.770. The minimum atomic E-state index is -0.468. The standard InChI is InChI=1S/CH5N4/c2-1(3)5-4/h5H,2,4H2. The molecule has 0 aromatic carbocycles. The molecule has 0 saturated heterocycles. The number of nitrogens with one attached hydrogen (secondary N) is 1. The van der Waals surface area contributed by atoms with Gasteiger partial charge in [0.25, 0.3) is 0 Å². The maximum atomic E-state index is 7.82. The predicted octanol–water partition coefficient (Wildman–Crippen LogP) is -2.44. The SMILES string of the molecule is [N]=C(N)NN. The lowest BCUT2D eigenvalue weighted by Gasteiger charge is -1.84. The number of rotatable bonds is 0. The number of nitrogens with two attached hydrogens (primary N) is 2. The molecular weight excluding hydrogens is 68.0 g/mol. The van der Waals surface area contributed by atoms with Gasteiger partial charge >= 0.3 is 0 Å². The summed E-state index contributed by atoms with van der Waals surface area (Å²) in [5.74, 6) is 4.04. The molecule has 0 aliphatic rings. The summed E-state index contributed by atoms with van der Waals surface area (Å²) in [6.45, 7) is 0. The Morgan fingerprint density at radius 3 is 2.00 bits per heavy atom. The van der Waals surface area contributed by atoms with Crippen LogP contribution in [0.1, 0.15) is 0 Å². The average Bonchev–Trinajstić information content (AvgIpc) is 1.38. The first kappa shape index (κ1) is 4.23. The largest absolute Gasteiger partial charge is 0.367 e. The summed E-state index contributed by atoms with van der Waals surface area (Å²) < 4.78 is 0. The molecule has 0 atom stereocenters. The topological polar surface area (TPSA) is 86.4 Å². The van der Waals surface area contributed by atoms with E-state index in [1.54, 1.807) is 5.43 Å². The lowest BCUT2D eigenvalue weighted by molar-refractivity contribution is 1.01. The highest BCUT2D eigenvalue weighted by molar-refractivity contribution is 5.74. The lowest BCUT2D eigenvalue weighted by Crippen LogP contribution is -2.37. The van der Waals surface area contributed by atoms with Crippen LogP contribution in [0.4, 0.5) is 0 Å². The van der Waals surface area contributed by atoms with Crippen molar-refractivity contribution in [1.82, 2.24) is 10.8 Å². The number of nitrogens with zero attached hydrogens (tertiary/aromatic N) is 1. The van der Waals surface area contributed by atoms with Crippen LogP contribution in [-0.4, -0.2) is 5.96 Å². The molecule has 0 aliphatic carbocycles. The van der Waals surface area contributed by atoms with Gasteiger partial charge in [0.2, 0.25) is 5.96 Å². The minimum Gasteiger partial charge on any atom is -0.367 e. The molecule has 29 valence electrons. The third-order valence-electron chi connectivity index (χ3n) is 0.148. The zero-order chi connectivity index (χ0) is 4.28. The molecular formula is CH5N4. The highest BCUT2D eigenvalue weighted by Crippen LogP contribution is 1.18. The van der Waals surface area contributed by atoms with Gasteiger partial charge in [0, 0.05) is 0 Å². The van der Waals surface area contributed by atoms with Crippen molar-refractivity contribution in [3.63, 3.8) is 0 Å². The van der Waals surface area contributed by atoms with E-state index in [0.29, 0.717) is 0 Å². The van der Waals surface area contributed by atoms with E-state index in [-0.39, 0.29) is 0 Å². The van der Waals surface area contributed by atoms with Crippen molar-refractivity contribution in [2.45, 2.75) is 0 Å². The summed E-state index contributed by atoms with van der Waals surface area (Å²) in [7, 11) is 0. The molecule has 0 saturated carbocycles. The molecule has 0 unspecified atom stereocenters. The van der Waals surface area contributed by atoms with Crippen LogP contribution >= 0.6 is 0 Å². The monoisotopic (exact) mass is 73.1 g/mol. The van der Waals surface area contributed by atoms with Crippen molar-refractivity contribution in [2.75, 3.05) is 0 Å². The summed E-state index contributed by atoms with van der Waals surface area (Å²) in [5.41, 5.74) is 6.31. The molecule has 4 nitrogen and oxygen atoms in total. The second-order valence-electron chi connectivity index (χ2n) is 0.530. The smallest absolute Gasteiger partial charge is 0.228 e. The van der Waals surface area contributed by atoms with Crippen molar-refractivity contribution in [1.29, 1.82) is 0 Å². The summed E-state index contributed by atoms with van der Waals surface area (Å²) >= 11 is 0. The number of hydrogen-bond donors (Lipinski definition) is 3. The number of guanidine groups is 1. The molecule has 0 amide bonds. The maximum Gasteiger partial charge on any atom is 0.228 e. The zero-order valence-corrected chi connectivity index (χ0v) is 2.60. The van der Waals surface area contributed by atoms with Crippen LogP contribution in [0, 0.1) is 0 Å². The van der Waals surface area contributed by atoms with Gasteiger partial charge in [0.15, 0.2) is 0 Å². The third-order valence-corrected chi connectivity index (χ3v) is 0.148. The Kier molecular flexibility index (Phi) is 1.30. The Morgan fingerprint density at radius 2 is 2.00 bits per heavy atom. The lowest BCUT2D eigenvalue weighted by atomic mass is 11.1. The summed E-state index contributed by atoms with van der Waals surface area (Å²) in [6, 6.07) is 0. The molecule has 0 aromatic rings. The van der Waals surface area contributed by atoms with Crippen LogP contribution in [0.2, 0.25) is 0 Å². The molecule has 4 heteroatoms.